The molecule has 2 aliphatic rings. The summed E-state index contributed by atoms with van der Waals surface area (Å²) in [6, 6.07) is 12.0. The molecule has 0 bridgehead atoms. The fourth-order valence-electron chi connectivity index (χ4n) is 3.81. The zero-order valence-corrected chi connectivity index (χ0v) is 16.3. The Bertz CT molecular complexity index is 1010. The minimum Gasteiger partial charge on any atom is -0.337 e. The molecule has 142 valence electrons. The van der Waals surface area contributed by atoms with E-state index in [1.54, 1.807) is 4.90 Å². The molecule has 1 amide bonds. The molecule has 2 aromatic rings. The van der Waals surface area contributed by atoms with Crippen LogP contribution in [0.4, 0.5) is 0 Å². The van der Waals surface area contributed by atoms with Gasteiger partial charge < -0.3 is 9.80 Å². The number of fused-ring (bicyclic) bond motifs is 1. The molecule has 27 heavy (non-hydrogen) atoms. The van der Waals surface area contributed by atoms with E-state index in [1.165, 1.54) is 11.1 Å². The lowest BCUT2D eigenvalue weighted by atomic mass is 9.93. The second kappa shape index (κ2) is 7.09. The highest BCUT2D eigenvalue weighted by Crippen LogP contribution is 2.30. The third kappa shape index (κ3) is 3.77. The van der Waals surface area contributed by atoms with Crippen molar-refractivity contribution in [1.82, 2.24) is 9.80 Å². The predicted octanol–water partition coefficient (Wildman–Crippen LogP) is 2.43. The first kappa shape index (κ1) is 18.2. The Morgan fingerprint density at radius 3 is 2.52 bits per heavy atom. The molecule has 5 nitrogen and oxygen atoms in total. The Morgan fingerprint density at radius 2 is 1.81 bits per heavy atom. The third-order valence-electron chi connectivity index (χ3n) is 5.52. The first-order chi connectivity index (χ1) is 12.9. The van der Waals surface area contributed by atoms with Crippen molar-refractivity contribution in [2.24, 2.45) is 0 Å². The number of benzene rings is 2. The van der Waals surface area contributed by atoms with E-state index < -0.39 is 9.84 Å². The average molecular weight is 385 g/mol. The molecular formula is C21H24N2O3S. The highest BCUT2D eigenvalue weighted by Gasteiger charge is 2.26. The van der Waals surface area contributed by atoms with Crippen LogP contribution in [-0.2, 0) is 9.84 Å². The summed E-state index contributed by atoms with van der Waals surface area (Å²) in [5.41, 5.74) is 3.22. The van der Waals surface area contributed by atoms with E-state index in [0.717, 1.165) is 30.3 Å². The monoisotopic (exact) mass is 384 g/mol. The summed E-state index contributed by atoms with van der Waals surface area (Å²) in [6.07, 6.45) is 3.31. The zero-order chi connectivity index (χ0) is 19.0. The maximum atomic E-state index is 12.8. The minimum atomic E-state index is -2.99. The Hall–Kier alpha value is -2.18. The van der Waals surface area contributed by atoms with E-state index in [2.05, 4.69) is 24.1 Å². The SMILES string of the molecule is CN1CC=C(c2cccc3cc(C(=O)N4CCS(=O)(=O)CC4)ccc23)CC1. The first-order valence-corrected chi connectivity index (χ1v) is 11.2. The van der Waals surface area contributed by atoms with Gasteiger partial charge in [0.15, 0.2) is 9.84 Å². The molecule has 0 unspecified atom stereocenters. The van der Waals surface area contributed by atoms with E-state index in [1.807, 2.05) is 30.3 Å². The van der Waals surface area contributed by atoms with Crippen molar-refractivity contribution in [2.75, 3.05) is 44.7 Å². The summed E-state index contributed by atoms with van der Waals surface area (Å²) < 4.78 is 23.2. The van der Waals surface area contributed by atoms with Gasteiger partial charge in [0.2, 0.25) is 0 Å². The smallest absolute Gasteiger partial charge is 0.253 e. The normalized spacial score (nSPS) is 20.5. The Morgan fingerprint density at radius 1 is 1.04 bits per heavy atom. The van der Waals surface area contributed by atoms with Crippen molar-refractivity contribution >= 4 is 32.1 Å². The van der Waals surface area contributed by atoms with Crippen LogP contribution in [0, 0.1) is 0 Å². The van der Waals surface area contributed by atoms with Gasteiger partial charge >= 0.3 is 0 Å². The van der Waals surface area contributed by atoms with Crippen LogP contribution >= 0.6 is 0 Å². The van der Waals surface area contributed by atoms with Crippen molar-refractivity contribution < 1.29 is 13.2 Å². The van der Waals surface area contributed by atoms with Gasteiger partial charge in [-0.1, -0.05) is 30.3 Å². The van der Waals surface area contributed by atoms with Gasteiger partial charge in [-0.15, -0.1) is 0 Å². The summed E-state index contributed by atoms with van der Waals surface area (Å²) in [5, 5.41) is 2.20. The number of amides is 1. The van der Waals surface area contributed by atoms with E-state index in [0.29, 0.717) is 5.56 Å². The number of rotatable bonds is 2. The summed E-state index contributed by atoms with van der Waals surface area (Å²) >= 11 is 0. The van der Waals surface area contributed by atoms with Crippen molar-refractivity contribution in [1.29, 1.82) is 0 Å². The maximum Gasteiger partial charge on any atom is 0.253 e. The highest BCUT2D eigenvalue weighted by molar-refractivity contribution is 7.91. The molecule has 0 atom stereocenters. The molecule has 0 aromatic heterocycles. The molecule has 2 aliphatic heterocycles. The van der Waals surface area contributed by atoms with E-state index >= 15 is 0 Å². The Kier molecular flexibility index (Phi) is 4.78. The van der Waals surface area contributed by atoms with E-state index in [9.17, 15) is 13.2 Å². The lowest BCUT2D eigenvalue weighted by molar-refractivity contribution is 0.0770. The number of hydrogen-bond donors (Lipinski definition) is 0. The number of carbonyl (C=O) groups is 1. The molecule has 0 saturated carbocycles. The fourth-order valence-corrected chi connectivity index (χ4v) is 5.01. The summed E-state index contributed by atoms with van der Waals surface area (Å²) in [4.78, 5) is 16.7. The fraction of sp³-hybridized carbons (Fsp3) is 0.381. The quantitative estimate of drug-likeness (QED) is 0.798. The summed E-state index contributed by atoms with van der Waals surface area (Å²) in [5.74, 6) is 0.0220. The number of likely N-dealkylation sites (N-methyl/N-ethyl adjacent to an activating group) is 1. The van der Waals surface area contributed by atoms with Crippen LogP contribution in [0.3, 0.4) is 0 Å². The van der Waals surface area contributed by atoms with Crippen molar-refractivity contribution in [2.45, 2.75) is 6.42 Å². The third-order valence-corrected chi connectivity index (χ3v) is 7.13. The van der Waals surface area contributed by atoms with E-state index in [-0.39, 0.29) is 30.5 Å². The van der Waals surface area contributed by atoms with Gasteiger partial charge in [-0.25, -0.2) is 8.42 Å². The molecule has 4 rings (SSSR count). The Balaban J connectivity index is 1.63. The van der Waals surface area contributed by atoms with Crippen LogP contribution in [0.2, 0.25) is 0 Å². The molecule has 0 aliphatic carbocycles. The number of hydrogen-bond acceptors (Lipinski definition) is 4. The number of nitrogens with zero attached hydrogens (tertiary/aromatic N) is 2. The van der Waals surface area contributed by atoms with Crippen LogP contribution in [0.5, 0.6) is 0 Å². The molecule has 2 heterocycles. The zero-order valence-electron chi connectivity index (χ0n) is 15.5. The van der Waals surface area contributed by atoms with Gasteiger partial charge in [0.1, 0.15) is 0 Å². The van der Waals surface area contributed by atoms with Gasteiger partial charge in [0, 0.05) is 31.7 Å². The lowest BCUT2D eigenvalue weighted by Gasteiger charge is -2.27. The van der Waals surface area contributed by atoms with Gasteiger partial charge in [-0.3, -0.25) is 4.79 Å². The van der Waals surface area contributed by atoms with Crippen LogP contribution in [0.1, 0.15) is 22.3 Å². The van der Waals surface area contributed by atoms with Crippen LogP contribution in [-0.4, -0.2) is 68.9 Å². The predicted molar refractivity (Wildman–Crippen MR) is 109 cm³/mol. The van der Waals surface area contributed by atoms with Crippen molar-refractivity contribution in [3.8, 4) is 0 Å². The summed E-state index contributed by atoms with van der Waals surface area (Å²) in [6.45, 7) is 2.57. The van der Waals surface area contributed by atoms with E-state index in [4.69, 9.17) is 0 Å². The number of sulfone groups is 1. The molecule has 1 saturated heterocycles. The first-order valence-electron chi connectivity index (χ1n) is 9.33. The van der Waals surface area contributed by atoms with Crippen LogP contribution < -0.4 is 0 Å². The van der Waals surface area contributed by atoms with Gasteiger partial charge in [-0.05, 0) is 47.5 Å². The number of carbonyl (C=O) groups excluding carboxylic acids is 1. The van der Waals surface area contributed by atoms with Crippen molar-refractivity contribution in [3.05, 3.63) is 53.6 Å². The molecule has 6 heteroatoms. The van der Waals surface area contributed by atoms with Gasteiger partial charge in [0.25, 0.3) is 5.91 Å². The maximum absolute atomic E-state index is 12.8. The molecule has 1 fully saturated rings. The Labute approximate surface area is 160 Å². The van der Waals surface area contributed by atoms with Crippen LogP contribution in [0.15, 0.2) is 42.5 Å². The summed E-state index contributed by atoms with van der Waals surface area (Å²) in [7, 11) is -0.867. The molecule has 0 spiro atoms. The molecule has 0 radical (unpaired) electrons. The van der Waals surface area contributed by atoms with Crippen LogP contribution in [0.25, 0.3) is 16.3 Å². The highest BCUT2D eigenvalue weighted by atomic mass is 32.2. The van der Waals surface area contributed by atoms with Gasteiger partial charge in [-0.2, -0.15) is 0 Å². The van der Waals surface area contributed by atoms with Gasteiger partial charge in [0.05, 0.1) is 11.5 Å². The molecular weight excluding hydrogens is 360 g/mol. The topological polar surface area (TPSA) is 57.7 Å². The second-order valence-electron chi connectivity index (χ2n) is 7.43. The second-order valence-corrected chi connectivity index (χ2v) is 9.73. The molecule has 2 aromatic carbocycles. The van der Waals surface area contributed by atoms with Crippen molar-refractivity contribution in [3.63, 3.8) is 0 Å². The lowest BCUT2D eigenvalue weighted by Crippen LogP contribution is -2.43. The average Bonchev–Trinajstić information content (AvgIpc) is 2.67. The minimum absolute atomic E-state index is 0.0546. The largest absolute Gasteiger partial charge is 0.337 e. The molecule has 0 N–H and O–H groups in total. The standard InChI is InChI=1S/C21H24N2O3S/c1-22-9-7-16(8-10-22)19-4-2-3-17-15-18(5-6-20(17)19)21(24)23-11-13-27(25,26)14-12-23/h2-7,15H,8-14H2,1H3.